The van der Waals surface area contributed by atoms with Crippen molar-refractivity contribution in [1.29, 1.82) is 0 Å². The van der Waals surface area contributed by atoms with E-state index in [1.165, 1.54) is 0 Å². The second-order valence-electron chi connectivity index (χ2n) is 4.18. The van der Waals surface area contributed by atoms with Gasteiger partial charge in [-0.1, -0.05) is 6.92 Å². The molecule has 0 bridgehead atoms. The fourth-order valence-electron chi connectivity index (χ4n) is 1.89. The van der Waals surface area contributed by atoms with Gasteiger partial charge in [0, 0.05) is 12.3 Å². The second-order valence-corrected chi connectivity index (χ2v) is 4.18. The van der Waals surface area contributed by atoms with E-state index in [1.54, 1.807) is 0 Å². The highest BCUT2D eigenvalue weighted by atomic mass is 16.5. The summed E-state index contributed by atoms with van der Waals surface area (Å²) >= 11 is 0. The Hall–Kier alpha value is -1.49. The quantitative estimate of drug-likeness (QED) is 0.603. The molecule has 5 heteroatoms. The number of nitrogens with zero attached hydrogens (tertiary/aromatic N) is 1. The number of carbonyl (C=O) groups excluding carboxylic acids is 1. The highest BCUT2D eigenvalue weighted by molar-refractivity contribution is 5.70. The first-order valence-electron chi connectivity index (χ1n) is 5.46. The smallest absolute Gasteiger partial charge is 0.338 e. The first-order chi connectivity index (χ1) is 7.61. The molecule has 2 atom stereocenters. The molecule has 1 aromatic heterocycles. The van der Waals surface area contributed by atoms with Crippen molar-refractivity contribution in [1.82, 2.24) is 5.06 Å². The lowest BCUT2D eigenvalue weighted by molar-refractivity contribution is -0.0433. The van der Waals surface area contributed by atoms with Crippen LogP contribution < -0.4 is 5.73 Å². The van der Waals surface area contributed by atoms with Gasteiger partial charge in [-0.3, -0.25) is 5.21 Å². The van der Waals surface area contributed by atoms with Gasteiger partial charge in [-0.05, 0) is 24.5 Å². The van der Waals surface area contributed by atoms with Gasteiger partial charge in [0.2, 0.25) is 0 Å². The van der Waals surface area contributed by atoms with Gasteiger partial charge in [-0.2, -0.15) is 0 Å². The zero-order valence-electron chi connectivity index (χ0n) is 9.22. The van der Waals surface area contributed by atoms with Crippen molar-refractivity contribution in [3.8, 4) is 0 Å². The molecule has 0 saturated heterocycles. The summed E-state index contributed by atoms with van der Waals surface area (Å²) in [5, 5.41) is 9.74. The molecule has 3 N–H and O–H groups in total. The van der Waals surface area contributed by atoms with Crippen LogP contribution in [0.1, 0.15) is 30.8 Å². The van der Waals surface area contributed by atoms with E-state index in [0.29, 0.717) is 11.0 Å². The lowest BCUT2D eigenvalue weighted by Crippen LogP contribution is -2.34. The van der Waals surface area contributed by atoms with Crippen LogP contribution in [-0.4, -0.2) is 22.8 Å². The van der Waals surface area contributed by atoms with Crippen molar-refractivity contribution >= 4 is 6.03 Å². The molecule has 0 spiro atoms. The topological polar surface area (TPSA) is 79.7 Å². The van der Waals surface area contributed by atoms with Crippen LogP contribution >= 0.6 is 0 Å². The minimum Gasteiger partial charge on any atom is -0.466 e. The van der Waals surface area contributed by atoms with Crippen molar-refractivity contribution in [3.05, 3.63) is 23.7 Å². The van der Waals surface area contributed by atoms with Crippen LogP contribution in [0, 0.1) is 5.92 Å². The molecule has 88 valence electrons. The third-order valence-corrected chi connectivity index (χ3v) is 2.98. The summed E-state index contributed by atoms with van der Waals surface area (Å²) in [6.07, 6.45) is 1.81. The summed E-state index contributed by atoms with van der Waals surface area (Å²) in [6.45, 7) is 2.32. The van der Waals surface area contributed by atoms with E-state index in [-0.39, 0.29) is 12.5 Å². The summed E-state index contributed by atoms with van der Waals surface area (Å²) in [7, 11) is 0. The Morgan fingerprint density at radius 2 is 2.44 bits per heavy atom. The van der Waals surface area contributed by atoms with E-state index in [9.17, 15) is 10.0 Å². The van der Waals surface area contributed by atoms with Crippen molar-refractivity contribution in [3.63, 3.8) is 0 Å². The molecule has 5 nitrogen and oxygen atoms in total. The maximum Gasteiger partial charge on any atom is 0.338 e. The monoisotopic (exact) mass is 224 g/mol. The van der Waals surface area contributed by atoms with E-state index in [4.69, 9.17) is 10.2 Å². The molecule has 2 rings (SSSR count). The van der Waals surface area contributed by atoms with Crippen molar-refractivity contribution in [2.24, 2.45) is 11.7 Å². The summed E-state index contributed by atoms with van der Waals surface area (Å²) in [4.78, 5) is 10.6. The minimum absolute atomic E-state index is 0.258. The average Bonchev–Trinajstić information content (AvgIpc) is 2.85. The number of hydrogen-bond acceptors (Lipinski definition) is 3. The van der Waals surface area contributed by atoms with E-state index >= 15 is 0 Å². The van der Waals surface area contributed by atoms with Crippen LogP contribution in [0.2, 0.25) is 0 Å². The Morgan fingerprint density at radius 3 is 3.00 bits per heavy atom. The lowest BCUT2D eigenvalue weighted by Gasteiger charge is -2.10. The van der Waals surface area contributed by atoms with Crippen molar-refractivity contribution in [2.45, 2.75) is 25.7 Å². The number of aryl methyl sites for hydroxylation is 1. The van der Waals surface area contributed by atoms with Crippen LogP contribution in [0.15, 0.2) is 16.5 Å². The molecule has 0 aliphatic heterocycles. The zero-order chi connectivity index (χ0) is 11.7. The number of amides is 2. The molecule has 1 heterocycles. The van der Waals surface area contributed by atoms with Crippen LogP contribution in [0.25, 0.3) is 0 Å². The van der Waals surface area contributed by atoms with E-state index in [1.807, 2.05) is 19.1 Å². The number of rotatable bonds is 4. The molecule has 2 amide bonds. The summed E-state index contributed by atoms with van der Waals surface area (Å²) in [5.74, 6) is 2.48. The molecule has 16 heavy (non-hydrogen) atoms. The Bertz CT molecular complexity index is 388. The highest BCUT2D eigenvalue weighted by Crippen LogP contribution is 2.48. The Labute approximate surface area is 93.8 Å². The number of furan rings is 1. The summed E-state index contributed by atoms with van der Waals surface area (Å²) in [6, 6.07) is 3.13. The van der Waals surface area contributed by atoms with Crippen molar-refractivity contribution < 1.29 is 14.4 Å². The van der Waals surface area contributed by atoms with Crippen LogP contribution in [0.4, 0.5) is 4.79 Å². The van der Waals surface area contributed by atoms with Gasteiger partial charge < -0.3 is 10.2 Å². The molecular formula is C11H16N2O3. The van der Waals surface area contributed by atoms with Gasteiger partial charge >= 0.3 is 6.03 Å². The maximum atomic E-state index is 10.6. The molecule has 1 saturated carbocycles. The minimum atomic E-state index is -0.806. The molecule has 1 fully saturated rings. The van der Waals surface area contributed by atoms with E-state index in [2.05, 4.69) is 0 Å². The van der Waals surface area contributed by atoms with Gasteiger partial charge in [0.1, 0.15) is 11.5 Å². The molecule has 1 aliphatic rings. The number of urea groups is 1. The van der Waals surface area contributed by atoms with Gasteiger partial charge in [-0.15, -0.1) is 0 Å². The van der Waals surface area contributed by atoms with Crippen LogP contribution in [-0.2, 0) is 6.42 Å². The second kappa shape index (κ2) is 4.17. The first-order valence-corrected chi connectivity index (χ1v) is 5.46. The molecule has 0 radical (unpaired) electrons. The molecule has 1 aromatic rings. The maximum absolute atomic E-state index is 10.6. The largest absolute Gasteiger partial charge is 0.466 e. The number of nitrogens with two attached hydrogens (primary N) is 1. The fraction of sp³-hybridized carbons (Fsp3) is 0.545. The third-order valence-electron chi connectivity index (χ3n) is 2.98. The zero-order valence-corrected chi connectivity index (χ0v) is 9.22. The normalized spacial score (nSPS) is 23.1. The fourth-order valence-corrected chi connectivity index (χ4v) is 1.89. The predicted octanol–water partition coefficient (Wildman–Crippen LogP) is 1.72. The standard InChI is InChI=1S/C11H16N2O3/c1-2-8-3-4-10(16-8)9-5-7(9)6-13(15)11(12)14/h3-4,7,9,15H,2,5-6H2,1H3,(H2,12,14). The van der Waals surface area contributed by atoms with Gasteiger partial charge in [-0.25, -0.2) is 9.86 Å². The van der Waals surface area contributed by atoms with Gasteiger partial charge in [0.25, 0.3) is 0 Å². The number of carbonyl (C=O) groups is 1. The molecule has 2 unspecified atom stereocenters. The lowest BCUT2D eigenvalue weighted by atomic mass is 10.2. The third kappa shape index (κ3) is 2.19. The average molecular weight is 224 g/mol. The molecule has 1 aliphatic carbocycles. The van der Waals surface area contributed by atoms with Gasteiger partial charge in [0.15, 0.2) is 0 Å². The van der Waals surface area contributed by atoms with E-state index in [0.717, 1.165) is 24.4 Å². The molecular weight excluding hydrogens is 208 g/mol. The summed E-state index contributed by atoms with van der Waals surface area (Å²) in [5.41, 5.74) is 4.94. The Kier molecular flexibility index (Phi) is 2.87. The summed E-state index contributed by atoms with van der Waals surface area (Å²) < 4.78 is 5.61. The van der Waals surface area contributed by atoms with Gasteiger partial charge in [0.05, 0.1) is 6.54 Å². The SMILES string of the molecule is CCc1ccc(C2CC2CN(O)C(N)=O)o1. The van der Waals surface area contributed by atoms with Crippen LogP contribution in [0.3, 0.4) is 0 Å². The Balaban J connectivity index is 1.89. The number of hydrogen-bond donors (Lipinski definition) is 2. The molecule has 0 aromatic carbocycles. The Morgan fingerprint density at radius 1 is 1.69 bits per heavy atom. The van der Waals surface area contributed by atoms with Crippen molar-refractivity contribution in [2.75, 3.05) is 6.54 Å². The number of hydroxylamine groups is 2. The first kappa shape index (κ1) is 11.0. The van der Waals surface area contributed by atoms with E-state index < -0.39 is 6.03 Å². The number of primary amides is 1. The predicted molar refractivity (Wildman–Crippen MR) is 57.0 cm³/mol. The van der Waals surface area contributed by atoms with Crippen LogP contribution in [0.5, 0.6) is 0 Å². The highest BCUT2D eigenvalue weighted by Gasteiger charge is 2.42.